The number of ether oxygens (including phenoxy) is 2. The normalized spacial score (nSPS) is 12.9. The summed E-state index contributed by atoms with van der Waals surface area (Å²) in [4.78, 5) is 22.2. The number of aliphatic carboxylic acids is 1. The quantitative estimate of drug-likeness (QED) is 0.171. The van der Waals surface area contributed by atoms with Crippen molar-refractivity contribution >= 4 is 11.9 Å². The van der Waals surface area contributed by atoms with Gasteiger partial charge in [-0.1, -0.05) is 95.0 Å². The molecule has 32 heavy (non-hydrogen) atoms. The smallest absolute Gasteiger partial charge is 0.303 e. The maximum atomic E-state index is 11.7. The predicted molar refractivity (Wildman–Crippen MR) is 129 cm³/mol. The minimum atomic E-state index is -0.695. The van der Waals surface area contributed by atoms with Crippen molar-refractivity contribution in [2.75, 3.05) is 0 Å². The number of benzene rings is 1. The first-order valence-corrected chi connectivity index (χ1v) is 12.6. The summed E-state index contributed by atoms with van der Waals surface area (Å²) in [5, 5.41) is 8.65. The van der Waals surface area contributed by atoms with Crippen molar-refractivity contribution in [2.45, 2.75) is 123 Å². The van der Waals surface area contributed by atoms with E-state index in [0.29, 0.717) is 6.61 Å². The summed E-state index contributed by atoms with van der Waals surface area (Å²) < 4.78 is 11.9. The maximum Gasteiger partial charge on any atom is 0.303 e. The highest BCUT2D eigenvalue weighted by molar-refractivity contribution is 5.66. The number of hydrogen-bond donors (Lipinski definition) is 1. The van der Waals surface area contributed by atoms with Gasteiger partial charge in [0.25, 0.3) is 0 Å². The molecule has 0 fully saturated rings. The van der Waals surface area contributed by atoms with Crippen LogP contribution in [0.3, 0.4) is 0 Å². The van der Waals surface area contributed by atoms with Crippen molar-refractivity contribution in [1.82, 2.24) is 0 Å². The zero-order valence-corrected chi connectivity index (χ0v) is 20.2. The average Bonchev–Trinajstić information content (AvgIpc) is 2.77. The highest BCUT2D eigenvalue weighted by atomic mass is 16.6. The summed E-state index contributed by atoms with van der Waals surface area (Å²) in [5.41, 5.74) is 1.14. The van der Waals surface area contributed by atoms with E-state index in [1.54, 1.807) is 0 Å². The van der Waals surface area contributed by atoms with Crippen LogP contribution in [-0.4, -0.2) is 29.3 Å². The molecule has 0 aliphatic carbocycles. The molecule has 2 unspecified atom stereocenters. The fourth-order valence-corrected chi connectivity index (χ4v) is 3.95. The van der Waals surface area contributed by atoms with Crippen molar-refractivity contribution in [2.24, 2.45) is 0 Å². The van der Waals surface area contributed by atoms with Crippen molar-refractivity contribution in [3.8, 4) is 0 Å². The Morgan fingerprint density at radius 1 is 0.812 bits per heavy atom. The summed E-state index contributed by atoms with van der Waals surface area (Å²) in [6.45, 7) is 4.19. The van der Waals surface area contributed by atoms with Crippen molar-refractivity contribution in [1.29, 1.82) is 0 Å². The van der Waals surface area contributed by atoms with Crippen LogP contribution in [0, 0.1) is 0 Å². The molecule has 0 aliphatic heterocycles. The largest absolute Gasteiger partial charge is 0.481 e. The lowest BCUT2D eigenvalue weighted by atomic mass is 9.99. The Kier molecular flexibility index (Phi) is 16.4. The molecular formula is C27H44O5. The van der Waals surface area contributed by atoms with Crippen molar-refractivity contribution in [3.63, 3.8) is 0 Å². The molecule has 182 valence electrons. The molecular weight excluding hydrogens is 404 g/mol. The molecule has 0 saturated carbocycles. The molecule has 5 heteroatoms. The minimum absolute atomic E-state index is 0.0649. The van der Waals surface area contributed by atoms with Gasteiger partial charge in [0.15, 0.2) is 0 Å². The molecule has 0 aromatic heterocycles. The molecule has 0 saturated heterocycles. The Morgan fingerprint density at radius 2 is 1.38 bits per heavy atom. The van der Waals surface area contributed by atoms with E-state index in [1.165, 1.54) is 32.6 Å². The van der Waals surface area contributed by atoms with E-state index in [0.717, 1.165) is 63.4 Å². The SMILES string of the molecule is CCCCC(OCc1ccccc1)C(CCCCCCCCCCCC(=O)O)OC(C)=O. The summed E-state index contributed by atoms with van der Waals surface area (Å²) in [6, 6.07) is 10.1. The van der Waals surface area contributed by atoms with Crippen LogP contribution in [0.2, 0.25) is 0 Å². The second kappa shape index (κ2) is 18.7. The fraction of sp³-hybridized carbons (Fsp3) is 0.704. The van der Waals surface area contributed by atoms with Crippen LogP contribution in [0.5, 0.6) is 0 Å². The standard InChI is InChI=1S/C27H44O5/c1-3-4-19-25(31-22-24-17-13-12-14-18-24)26(32-23(2)28)20-15-10-8-6-5-7-9-11-16-21-27(29)30/h12-14,17-18,25-26H,3-11,15-16,19-22H2,1-2H3,(H,29,30). The maximum absolute atomic E-state index is 11.7. The minimum Gasteiger partial charge on any atom is -0.481 e. The lowest BCUT2D eigenvalue weighted by molar-refractivity contribution is -0.157. The number of carboxylic acid groups (broad SMARTS) is 1. The number of carbonyl (C=O) groups excluding carboxylic acids is 1. The first-order chi connectivity index (χ1) is 15.5. The number of rotatable bonds is 20. The van der Waals surface area contributed by atoms with Gasteiger partial charge in [-0.2, -0.15) is 0 Å². The molecule has 5 nitrogen and oxygen atoms in total. The van der Waals surface area contributed by atoms with Gasteiger partial charge >= 0.3 is 11.9 Å². The first kappa shape index (κ1) is 28.2. The average molecular weight is 449 g/mol. The molecule has 1 rings (SSSR count). The number of esters is 1. The van der Waals surface area contributed by atoms with E-state index in [4.69, 9.17) is 14.6 Å². The van der Waals surface area contributed by atoms with E-state index in [-0.39, 0.29) is 24.6 Å². The Balaban J connectivity index is 2.33. The van der Waals surface area contributed by atoms with Gasteiger partial charge in [0.05, 0.1) is 12.7 Å². The molecule has 0 heterocycles. The molecule has 1 N–H and O–H groups in total. The molecule has 0 radical (unpaired) electrons. The Hall–Kier alpha value is -1.88. The summed E-state index contributed by atoms with van der Waals surface area (Å²) in [5.74, 6) is -0.929. The molecule has 0 amide bonds. The Bertz CT molecular complexity index is 601. The monoisotopic (exact) mass is 448 g/mol. The first-order valence-electron chi connectivity index (χ1n) is 12.6. The Morgan fingerprint density at radius 3 is 1.94 bits per heavy atom. The van der Waals surface area contributed by atoms with Crippen LogP contribution in [0.15, 0.2) is 30.3 Å². The lowest BCUT2D eigenvalue weighted by Crippen LogP contribution is -2.33. The molecule has 1 aromatic rings. The second-order valence-corrected chi connectivity index (χ2v) is 8.74. The van der Waals surface area contributed by atoms with Crippen LogP contribution >= 0.6 is 0 Å². The molecule has 0 aliphatic rings. The van der Waals surface area contributed by atoms with Gasteiger partial charge in [0, 0.05) is 13.3 Å². The van der Waals surface area contributed by atoms with E-state index in [2.05, 4.69) is 19.1 Å². The van der Waals surface area contributed by atoms with Crippen LogP contribution in [0.25, 0.3) is 0 Å². The van der Waals surface area contributed by atoms with Crippen molar-refractivity contribution < 1.29 is 24.2 Å². The second-order valence-electron chi connectivity index (χ2n) is 8.74. The van der Waals surface area contributed by atoms with Gasteiger partial charge in [-0.05, 0) is 31.2 Å². The lowest BCUT2D eigenvalue weighted by Gasteiger charge is -2.27. The van der Waals surface area contributed by atoms with E-state index < -0.39 is 5.97 Å². The van der Waals surface area contributed by atoms with E-state index in [9.17, 15) is 9.59 Å². The zero-order valence-electron chi connectivity index (χ0n) is 20.2. The zero-order chi connectivity index (χ0) is 23.4. The van der Waals surface area contributed by atoms with Gasteiger partial charge in [-0.3, -0.25) is 9.59 Å². The van der Waals surface area contributed by atoms with Gasteiger partial charge < -0.3 is 14.6 Å². The van der Waals surface area contributed by atoms with Crippen LogP contribution in [0.4, 0.5) is 0 Å². The highest BCUT2D eigenvalue weighted by Gasteiger charge is 2.24. The highest BCUT2D eigenvalue weighted by Crippen LogP contribution is 2.21. The third-order valence-electron chi connectivity index (χ3n) is 5.76. The van der Waals surface area contributed by atoms with E-state index in [1.807, 2.05) is 18.2 Å². The number of carboxylic acids is 1. The third kappa shape index (κ3) is 15.0. The van der Waals surface area contributed by atoms with Crippen LogP contribution in [-0.2, 0) is 25.7 Å². The van der Waals surface area contributed by atoms with Gasteiger partial charge in [-0.15, -0.1) is 0 Å². The Labute approximate surface area is 194 Å². The predicted octanol–water partition coefficient (Wildman–Crippen LogP) is 7.07. The van der Waals surface area contributed by atoms with Gasteiger partial charge in [-0.25, -0.2) is 0 Å². The fourth-order valence-electron chi connectivity index (χ4n) is 3.95. The molecule has 0 spiro atoms. The number of hydrogen-bond acceptors (Lipinski definition) is 4. The molecule has 1 aromatic carbocycles. The molecule has 0 bridgehead atoms. The number of carbonyl (C=O) groups is 2. The van der Waals surface area contributed by atoms with Crippen LogP contribution in [0.1, 0.15) is 109 Å². The van der Waals surface area contributed by atoms with Crippen molar-refractivity contribution in [3.05, 3.63) is 35.9 Å². The van der Waals surface area contributed by atoms with Crippen LogP contribution < -0.4 is 0 Å². The molecule has 2 atom stereocenters. The van der Waals surface area contributed by atoms with E-state index >= 15 is 0 Å². The summed E-state index contributed by atoms with van der Waals surface area (Å²) in [7, 11) is 0. The third-order valence-corrected chi connectivity index (χ3v) is 5.76. The number of unbranched alkanes of at least 4 members (excludes halogenated alkanes) is 9. The van der Waals surface area contributed by atoms with Gasteiger partial charge in [0.1, 0.15) is 6.10 Å². The topological polar surface area (TPSA) is 72.8 Å². The summed E-state index contributed by atoms with van der Waals surface area (Å²) in [6.07, 6.45) is 13.8. The summed E-state index contributed by atoms with van der Waals surface area (Å²) >= 11 is 0. The van der Waals surface area contributed by atoms with Gasteiger partial charge in [0.2, 0.25) is 0 Å².